The normalized spacial score (nSPS) is 17.6. The van der Waals surface area contributed by atoms with Gasteiger partial charge < -0.3 is 15.1 Å². The van der Waals surface area contributed by atoms with Crippen LogP contribution in [0.3, 0.4) is 0 Å². The second kappa shape index (κ2) is 10.8. The van der Waals surface area contributed by atoms with Crippen LogP contribution in [0.1, 0.15) is 49.5 Å². The highest BCUT2D eigenvalue weighted by atomic mass is 35.5. The van der Waals surface area contributed by atoms with Gasteiger partial charge in [-0.3, -0.25) is 4.79 Å². The van der Waals surface area contributed by atoms with Gasteiger partial charge in [0.25, 0.3) is 5.91 Å². The quantitative estimate of drug-likeness (QED) is 0.837. The third-order valence-electron chi connectivity index (χ3n) is 4.77. The number of halogens is 2. The lowest BCUT2D eigenvalue weighted by Gasteiger charge is -2.34. The van der Waals surface area contributed by atoms with Gasteiger partial charge in [0.2, 0.25) is 0 Å². The Kier molecular flexibility index (Phi) is 9.46. The van der Waals surface area contributed by atoms with Gasteiger partial charge >= 0.3 is 0 Å². The number of aromatic nitrogens is 2. The number of anilines is 1. The SMILES string of the molecule is CCCN(C(=O)c1ccc(N2CCCC2)nn1)C1CCNCC1.Cl.Cl. The topological polar surface area (TPSA) is 61.4 Å². The molecule has 2 fully saturated rings. The van der Waals surface area contributed by atoms with Gasteiger partial charge in [0.05, 0.1) is 0 Å². The highest BCUT2D eigenvalue weighted by Crippen LogP contribution is 2.19. The molecule has 0 aromatic carbocycles. The molecule has 2 aliphatic rings. The fraction of sp³-hybridized carbons (Fsp3) is 0.706. The van der Waals surface area contributed by atoms with Crippen molar-refractivity contribution >= 4 is 36.5 Å². The van der Waals surface area contributed by atoms with Crippen LogP contribution in [0.5, 0.6) is 0 Å². The predicted molar refractivity (Wildman–Crippen MR) is 105 cm³/mol. The summed E-state index contributed by atoms with van der Waals surface area (Å²) < 4.78 is 0. The summed E-state index contributed by atoms with van der Waals surface area (Å²) >= 11 is 0. The first-order chi connectivity index (χ1) is 11.3. The predicted octanol–water partition coefficient (Wildman–Crippen LogP) is 2.52. The number of nitrogens with zero attached hydrogens (tertiary/aromatic N) is 4. The molecule has 0 saturated carbocycles. The van der Waals surface area contributed by atoms with Crippen LogP contribution in [0.4, 0.5) is 5.82 Å². The number of carbonyl (C=O) groups excluding carboxylic acids is 1. The summed E-state index contributed by atoms with van der Waals surface area (Å²) in [5.74, 6) is 0.919. The molecule has 0 spiro atoms. The molecule has 0 atom stereocenters. The van der Waals surface area contributed by atoms with Gasteiger partial charge in [-0.05, 0) is 57.3 Å². The second-order valence-corrected chi connectivity index (χ2v) is 6.45. The maximum Gasteiger partial charge on any atom is 0.274 e. The van der Waals surface area contributed by atoms with Crippen LogP contribution < -0.4 is 10.2 Å². The summed E-state index contributed by atoms with van der Waals surface area (Å²) in [6.07, 6.45) is 5.43. The molecule has 0 bridgehead atoms. The monoisotopic (exact) mass is 389 g/mol. The highest BCUT2D eigenvalue weighted by molar-refractivity contribution is 5.92. The molecule has 1 aromatic heterocycles. The molecule has 3 heterocycles. The Morgan fingerprint density at radius 1 is 1.20 bits per heavy atom. The number of nitrogens with one attached hydrogen (secondary N) is 1. The lowest BCUT2D eigenvalue weighted by molar-refractivity contribution is 0.0635. The molecule has 142 valence electrons. The van der Waals surface area contributed by atoms with E-state index in [2.05, 4.69) is 27.3 Å². The van der Waals surface area contributed by atoms with Crippen molar-refractivity contribution in [1.82, 2.24) is 20.4 Å². The molecule has 0 aliphatic carbocycles. The van der Waals surface area contributed by atoms with E-state index in [1.807, 2.05) is 17.0 Å². The Balaban J connectivity index is 0.00000156. The zero-order valence-electron chi connectivity index (χ0n) is 14.8. The smallest absolute Gasteiger partial charge is 0.274 e. The van der Waals surface area contributed by atoms with Crippen molar-refractivity contribution in [2.45, 2.75) is 45.1 Å². The van der Waals surface area contributed by atoms with Gasteiger partial charge in [0.1, 0.15) is 0 Å². The standard InChI is InChI=1S/C17H27N5O.2ClH/c1-2-11-22(14-7-9-18-10-8-14)17(23)15-5-6-16(20-19-15)21-12-3-4-13-21;;/h5-6,14,18H,2-4,7-13H2,1H3;2*1H. The number of hydrogen-bond donors (Lipinski definition) is 1. The summed E-state index contributed by atoms with van der Waals surface area (Å²) in [6, 6.07) is 4.11. The highest BCUT2D eigenvalue weighted by Gasteiger charge is 2.26. The van der Waals surface area contributed by atoms with Gasteiger partial charge in [-0.25, -0.2) is 0 Å². The van der Waals surface area contributed by atoms with Crippen molar-refractivity contribution in [1.29, 1.82) is 0 Å². The van der Waals surface area contributed by atoms with Gasteiger partial charge in [-0.1, -0.05) is 6.92 Å². The molecule has 3 rings (SSSR count). The van der Waals surface area contributed by atoms with Crippen LogP contribution in [-0.4, -0.2) is 59.8 Å². The third kappa shape index (κ3) is 5.43. The Morgan fingerprint density at radius 2 is 1.88 bits per heavy atom. The van der Waals surface area contributed by atoms with Crippen LogP contribution in [0.25, 0.3) is 0 Å². The molecule has 2 aliphatic heterocycles. The minimum Gasteiger partial charge on any atom is -0.355 e. The van der Waals surface area contributed by atoms with E-state index in [0.717, 1.165) is 57.8 Å². The van der Waals surface area contributed by atoms with Crippen LogP contribution in [0.15, 0.2) is 12.1 Å². The van der Waals surface area contributed by atoms with E-state index in [1.165, 1.54) is 12.8 Å². The number of rotatable bonds is 5. The first kappa shape index (κ1) is 21.9. The lowest BCUT2D eigenvalue weighted by Crippen LogP contribution is -2.46. The molecule has 0 unspecified atom stereocenters. The Bertz CT molecular complexity index is 516. The molecule has 1 aromatic rings. The van der Waals surface area contributed by atoms with E-state index in [0.29, 0.717) is 11.7 Å². The molecular weight excluding hydrogens is 361 g/mol. The van der Waals surface area contributed by atoms with Crippen molar-refractivity contribution < 1.29 is 4.79 Å². The van der Waals surface area contributed by atoms with Crippen molar-refractivity contribution in [2.24, 2.45) is 0 Å². The summed E-state index contributed by atoms with van der Waals surface area (Å²) in [4.78, 5) is 17.1. The number of hydrogen-bond acceptors (Lipinski definition) is 5. The summed E-state index contributed by atoms with van der Waals surface area (Å²) in [5.41, 5.74) is 0.472. The van der Waals surface area contributed by atoms with Gasteiger partial charge in [0.15, 0.2) is 11.5 Å². The second-order valence-electron chi connectivity index (χ2n) is 6.45. The van der Waals surface area contributed by atoms with Crippen LogP contribution in [0, 0.1) is 0 Å². The van der Waals surface area contributed by atoms with Crippen molar-refractivity contribution in [3.05, 3.63) is 17.8 Å². The molecule has 1 N–H and O–H groups in total. The van der Waals surface area contributed by atoms with E-state index in [1.54, 1.807) is 0 Å². The molecule has 1 amide bonds. The van der Waals surface area contributed by atoms with Crippen LogP contribution >= 0.6 is 24.8 Å². The number of amides is 1. The largest absolute Gasteiger partial charge is 0.355 e. The molecule has 2 saturated heterocycles. The molecule has 0 radical (unpaired) electrons. The Labute approximate surface area is 162 Å². The van der Waals surface area contributed by atoms with Crippen molar-refractivity contribution in [3.63, 3.8) is 0 Å². The summed E-state index contributed by atoms with van der Waals surface area (Å²) in [6.45, 7) is 6.95. The number of carbonyl (C=O) groups is 1. The summed E-state index contributed by atoms with van der Waals surface area (Å²) in [5, 5.41) is 11.9. The molecular formula is C17H29Cl2N5O. The maximum atomic E-state index is 12.9. The minimum absolute atomic E-state index is 0. The van der Waals surface area contributed by atoms with E-state index < -0.39 is 0 Å². The van der Waals surface area contributed by atoms with E-state index in [-0.39, 0.29) is 30.7 Å². The number of piperidine rings is 1. The zero-order valence-corrected chi connectivity index (χ0v) is 16.4. The van der Waals surface area contributed by atoms with Crippen molar-refractivity contribution in [2.75, 3.05) is 37.6 Å². The third-order valence-corrected chi connectivity index (χ3v) is 4.77. The van der Waals surface area contributed by atoms with E-state index >= 15 is 0 Å². The lowest BCUT2D eigenvalue weighted by atomic mass is 10.0. The van der Waals surface area contributed by atoms with Gasteiger partial charge in [0, 0.05) is 25.7 Å². The Hall–Kier alpha value is -1.11. The maximum absolute atomic E-state index is 12.9. The Morgan fingerprint density at radius 3 is 2.44 bits per heavy atom. The van der Waals surface area contributed by atoms with Gasteiger partial charge in [-0.2, -0.15) is 0 Å². The minimum atomic E-state index is 0. The molecule has 8 heteroatoms. The van der Waals surface area contributed by atoms with Crippen molar-refractivity contribution in [3.8, 4) is 0 Å². The average molecular weight is 390 g/mol. The summed E-state index contributed by atoms with van der Waals surface area (Å²) in [7, 11) is 0. The first-order valence-corrected chi connectivity index (χ1v) is 8.90. The molecule has 25 heavy (non-hydrogen) atoms. The van der Waals surface area contributed by atoms with Crippen LogP contribution in [0.2, 0.25) is 0 Å². The zero-order chi connectivity index (χ0) is 16.1. The average Bonchev–Trinajstić information content (AvgIpc) is 3.15. The fourth-order valence-electron chi connectivity index (χ4n) is 3.51. The fourth-order valence-corrected chi connectivity index (χ4v) is 3.51. The first-order valence-electron chi connectivity index (χ1n) is 8.90. The van der Waals surface area contributed by atoms with Gasteiger partial charge in [-0.15, -0.1) is 35.0 Å². The molecule has 6 nitrogen and oxygen atoms in total. The van der Waals surface area contributed by atoms with E-state index in [9.17, 15) is 4.79 Å². The van der Waals surface area contributed by atoms with E-state index in [4.69, 9.17) is 0 Å². The van der Waals surface area contributed by atoms with Crippen LogP contribution in [-0.2, 0) is 0 Å².